The number of aliphatic carboxylic acids is 1. The highest BCUT2D eigenvalue weighted by molar-refractivity contribution is 6.00. The van der Waals surface area contributed by atoms with Crippen LogP contribution in [0.25, 0.3) is 11.7 Å². The van der Waals surface area contributed by atoms with Crippen molar-refractivity contribution in [2.24, 2.45) is 56.2 Å². The highest BCUT2D eigenvalue weighted by atomic mass is 19.1. The summed E-state index contributed by atoms with van der Waals surface area (Å²) in [5.41, 5.74) is -0.665. The van der Waals surface area contributed by atoms with Gasteiger partial charge in [0, 0.05) is 17.3 Å². The number of aromatic nitrogens is 4. The molecule has 12 heteroatoms. The van der Waals surface area contributed by atoms with Crippen LogP contribution in [0.2, 0.25) is 0 Å². The lowest BCUT2D eigenvalue weighted by Crippen LogP contribution is -2.66. The quantitative estimate of drug-likeness (QED) is 0.251. The first-order valence-corrected chi connectivity index (χ1v) is 19.8. The molecule has 9 atom stereocenters. The van der Waals surface area contributed by atoms with Crippen LogP contribution in [0.1, 0.15) is 139 Å². The second kappa shape index (κ2) is 12.7. The van der Waals surface area contributed by atoms with Crippen LogP contribution in [0.3, 0.4) is 0 Å². The van der Waals surface area contributed by atoms with Crippen LogP contribution in [-0.2, 0) is 19.1 Å². The first-order valence-electron chi connectivity index (χ1n) is 19.8. The largest absolute Gasteiger partial charge is 0.481 e. The highest BCUT2D eigenvalue weighted by Gasteiger charge is 2.71. The summed E-state index contributed by atoms with van der Waals surface area (Å²) in [6.45, 7) is 19.1. The van der Waals surface area contributed by atoms with Gasteiger partial charge in [-0.25, -0.2) is 14.4 Å². The van der Waals surface area contributed by atoms with Crippen LogP contribution in [0.15, 0.2) is 28.0 Å². The summed E-state index contributed by atoms with van der Waals surface area (Å²) in [7, 11) is 0. The molecule has 0 radical (unpaired) electrons. The number of rotatable bonds is 8. The standard InChI is InChI=1S/C42H57FN4O7/c1-22(2)30-25(48)18-42(32(50)34-46-47-35(54-34)33-44-20-23(43)21-45-33)17-16-40(8)24(31(30)42)10-11-27-39(7)14-13-28(53-29(49)19-37(3,4)36(51)52)38(5,6)26(39)12-15-41(27,40)9/h20-22,24,26-28,32,50H,10-19H2,1-9H3,(H,51,52)/t24-,26?,27-,28+,32?,39+,40-,41-,42-/m1/s1. The fraction of sp³-hybridized carbons (Fsp3) is 0.738. The molecule has 0 aromatic carbocycles. The molecule has 2 aromatic heterocycles. The van der Waals surface area contributed by atoms with Gasteiger partial charge in [-0.2, -0.15) is 0 Å². The van der Waals surface area contributed by atoms with Crippen LogP contribution in [0, 0.1) is 62.0 Å². The lowest BCUT2D eigenvalue weighted by Gasteiger charge is -2.72. The Balaban J connectivity index is 1.19. The molecule has 7 rings (SSSR count). The molecule has 2 aromatic rings. The van der Waals surface area contributed by atoms with E-state index in [-0.39, 0.29) is 75.8 Å². The van der Waals surface area contributed by atoms with Gasteiger partial charge in [0.1, 0.15) is 12.2 Å². The zero-order valence-corrected chi connectivity index (χ0v) is 33.3. The molecule has 0 amide bonds. The predicted octanol–water partition coefficient (Wildman–Crippen LogP) is 8.09. The Morgan fingerprint density at radius 2 is 1.65 bits per heavy atom. The van der Waals surface area contributed by atoms with Crippen molar-refractivity contribution in [3.8, 4) is 11.7 Å². The van der Waals surface area contributed by atoms with Gasteiger partial charge in [-0.05, 0) is 116 Å². The number of carbonyl (C=O) groups excluding carboxylic acids is 2. The fourth-order valence-corrected chi connectivity index (χ4v) is 12.9. The van der Waals surface area contributed by atoms with E-state index < -0.39 is 34.7 Å². The summed E-state index contributed by atoms with van der Waals surface area (Å²) in [5.74, 6) is -1.16. The third kappa shape index (κ3) is 5.53. The van der Waals surface area contributed by atoms with E-state index >= 15 is 0 Å². The number of nitrogens with zero attached hydrogens (tertiary/aromatic N) is 4. The third-order valence-electron chi connectivity index (χ3n) is 15.9. The number of carbonyl (C=O) groups is 3. The van der Waals surface area contributed by atoms with Gasteiger partial charge in [0.2, 0.25) is 11.7 Å². The lowest BCUT2D eigenvalue weighted by atomic mass is 9.33. The Hall–Kier alpha value is -3.54. The van der Waals surface area contributed by atoms with E-state index in [1.165, 1.54) is 0 Å². The number of hydrogen-bond donors (Lipinski definition) is 2. The summed E-state index contributed by atoms with van der Waals surface area (Å²) in [4.78, 5) is 46.9. The maximum Gasteiger partial charge on any atom is 0.309 e. The van der Waals surface area contributed by atoms with Crippen molar-refractivity contribution in [2.75, 3.05) is 0 Å². The number of allylic oxidation sites excluding steroid dienone is 1. The molecule has 0 bridgehead atoms. The van der Waals surface area contributed by atoms with Crippen molar-refractivity contribution < 1.29 is 38.1 Å². The van der Waals surface area contributed by atoms with Crippen LogP contribution >= 0.6 is 0 Å². The number of carboxylic acid groups (broad SMARTS) is 1. The molecule has 5 aliphatic carbocycles. The first-order chi connectivity index (χ1) is 25.1. The van der Waals surface area contributed by atoms with Gasteiger partial charge < -0.3 is 19.4 Å². The molecular formula is C42H57FN4O7. The number of ketones is 1. The summed E-state index contributed by atoms with van der Waals surface area (Å²) in [6, 6.07) is 0. The summed E-state index contributed by atoms with van der Waals surface area (Å²) in [5, 5.41) is 30.2. The van der Waals surface area contributed by atoms with Crippen LogP contribution in [0.5, 0.6) is 0 Å². The Labute approximate surface area is 317 Å². The zero-order chi connectivity index (χ0) is 39.4. The van der Waals surface area contributed by atoms with Gasteiger partial charge in [0.05, 0.1) is 24.2 Å². The number of halogens is 1. The van der Waals surface area contributed by atoms with Gasteiger partial charge >= 0.3 is 11.9 Å². The number of aliphatic hydroxyl groups excluding tert-OH is 1. The number of ether oxygens (including phenoxy) is 1. The number of Topliss-reactive ketones (excluding diaryl/α,β-unsaturated/α-hetero) is 1. The molecular weight excluding hydrogens is 691 g/mol. The third-order valence-corrected chi connectivity index (χ3v) is 15.9. The molecule has 2 heterocycles. The van der Waals surface area contributed by atoms with Gasteiger partial charge in [-0.15, -0.1) is 10.2 Å². The number of hydrogen-bond acceptors (Lipinski definition) is 10. The van der Waals surface area contributed by atoms with Crippen molar-refractivity contribution in [1.82, 2.24) is 20.2 Å². The summed E-state index contributed by atoms with van der Waals surface area (Å²) < 4.78 is 25.6. The average Bonchev–Trinajstić information content (AvgIpc) is 3.69. The second-order valence-corrected chi connectivity index (χ2v) is 19.6. The zero-order valence-electron chi connectivity index (χ0n) is 33.3. The van der Waals surface area contributed by atoms with E-state index in [0.29, 0.717) is 18.3 Å². The maximum atomic E-state index is 14.1. The minimum absolute atomic E-state index is 0.00882. The Morgan fingerprint density at radius 3 is 2.30 bits per heavy atom. The monoisotopic (exact) mass is 748 g/mol. The molecule has 11 nitrogen and oxygen atoms in total. The second-order valence-electron chi connectivity index (χ2n) is 19.6. The highest BCUT2D eigenvalue weighted by Crippen LogP contribution is 2.77. The molecule has 0 saturated heterocycles. The summed E-state index contributed by atoms with van der Waals surface area (Å²) in [6.07, 6.45) is 7.50. The van der Waals surface area contributed by atoms with Crippen molar-refractivity contribution >= 4 is 17.7 Å². The number of aliphatic hydroxyl groups is 1. The Morgan fingerprint density at radius 1 is 0.963 bits per heavy atom. The molecule has 2 N–H and O–H groups in total. The molecule has 294 valence electrons. The van der Waals surface area contributed by atoms with Crippen LogP contribution in [0.4, 0.5) is 4.39 Å². The van der Waals surface area contributed by atoms with Gasteiger partial charge in [-0.1, -0.05) is 48.5 Å². The minimum Gasteiger partial charge on any atom is -0.481 e. The predicted molar refractivity (Wildman–Crippen MR) is 196 cm³/mol. The summed E-state index contributed by atoms with van der Waals surface area (Å²) >= 11 is 0. The normalized spacial score (nSPS) is 36.6. The molecule has 4 saturated carbocycles. The van der Waals surface area contributed by atoms with Crippen molar-refractivity contribution in [3.63, 3.8) is 0 Å². The van der Waals surface area contributed by atoms with Crippen molar-refractivity contribution in [3.05, 3.63) is 35.2 Å². The molecule has 2 unspecified atom stereocenters. The SMILES string of the molecule is CC(C)C1=C2[C@H]3CC[C@@H]4[C@@]5(C)CC[C@H](OC(=O)CC(C)(C)C(=O)O)C(C)(C)C5CC[C@@]4(C)[C@]3(C)CC[C@@]2(C(O)c2nnc(-c3ncc(F)cn3)o2)CC1=O. The smallest absolute Gasteiger partial charge is 0.309 e. The number of carboxylic acids is 1. The van der Waals surface area contributed by atoms with E-state index in [2.05, 4.69) is 68.6 Å². The fourth-order valence-electron chi connectivity index (χ4n) is 12.9. The van der Waals surface area contributed by atoms with Crippen molar-refractivity contribution in [2.45, 2.75) is 139 Å². The first kappa shape index (κ1) is 38.7. The molecule has 54 heavy (non-hydrogen) atoms. The van der Waals surface area contributed by atoms with E-state index in [1.807, 2.05) is 0 Å². The molecule has 0 aliphatic heterocycles. The van der Waals surface area contributed by atoms with E-state index in [4.69, 9.17) is 9.15 Å². The maximum absolute atomic E-state index is 14.1. The van der Waals surface area contributed by atoms with Crippen LogP contribution < -0.4 is 0 Å². The van der Waals surface area contributed by atoms with E-state index in [1.54, 1.807) is 13.8 Å². The minimum atomic E-state index is -1.21. The topological polar surface area (TPSA) is 166 Å². The average molecular weight is 749 g/mol. The van der Waals surface area contributed by atoms with Gasteiger partial charge in [0.15, 0.2) is 11.6 Å². The molecule has 5 aliphatic rings. The van der Waals surface area contributed by atoms with E-state index in [9.17, 15) is 29.0 Å². The van der Waals surface area contributed by atoms with Crippen molar-refractivity contribution in [1.29, 1.82) is 0 Å². The van der Waals surface area contributed by atoms with Gasteiger partial charge in [-0.3, -0.25) is 14.4 Å². The molecule has 4 fully saturated rings. The van der Waals surface area contributed by atoms with E-state index in [0.717, 1.165) is 68.5 Å². The number of esters is 1. The Kier molecular flexibility index (Phi) is 9.14. The Bertz CT molecular complexity index is 1890. The number of fused-ring (bicyclic) bond motifs is 7. The lowest BCUT2D eigenvalue weighted by molar-refractivity contribution is -0.235. The van der Waals surface area contributed by atoms with Gasteiger partial charge in [0.25, 0.3) is 5.89 Å². The molecule has 0 spiro atoms. The van der Waals surface area contributed by atoms with Crippen LogP contribution in [-0.4, -0.2) is 54.2 Å².